The molecule has 1 N–H and O–H groups in total. The Labute approximate surface area is 130 Å². The standard InChI is InChI=1S/C16H12N4O3/c21-12-7-11-15(10-4-2-1-3-9(10)12)17-8-20-16(11)18-13(19-20)5-6-14(22)23/h1-4,7-9H,5-6H2,(H,22,23). The molecule has 114 valence electrons. The lowest BCUT2D eigenvalue weighted by atomic mass is 9.87. The Morgan fingerprint density at radius 3 is 3.04 bits per heavy atom. The predicted molar refractivity (Wildman–Crippen MR) is 80.6 cm³/mol. The minimum atomic E-state index is -0.900. The molecule has 1 atom stereocenters. The van der Waals surface area contributed by atoms with Gasteiger partial charge in [-0.1, -0.05) is 24.3 Å². The Bertz CT molecular complexity index is 1030. The molecule has 2 aliphatic carbocycles. The van der Waals surface area contributed by atoms with Crippen LogP contribution in [0.4, 0.5) is 0 Å². The van der Waals surface area contributed by atoms with Crippen molar-refractivity contribution < 1.29 is 14.7 Å². The highest BCUT2D eigenvalue weighted by Crippen LogP contribution is 2.21. The van der Waals surface area contributed by atoms with Crippen molar-refractivity contribution in [2.75, 3.05) is 0 Å². The van der Waals surface area contributed by atoms with Gasteiger partial charge in [-0.15, -0.1) is 5.10 Å². The zero-order valence-corrected chi connectivity index (χ0v) is 12.0. The molecule has 0 aliphatic heterocycles. The van der Waals surface area contributed by atoms with Crippen LogP contribution in [0.1, 0.15) is 12.2 Å². The number of fused-ring (bicyclic) bond motifs is 4. The van der Waals surface area contributed by atoms with Crippen LogP contribution in [0.5, 0.6) is 0 Å². The van der Waals surface area contributed by atoms with E-state index in [-0.39, 0.29) is 24.5 Å². The van der Waals surface area contributed by atoms with Gasteiger partial charge in [0.2, 0.25) is 0 Å². The summed E-state index contributed by atoms with van der Waals surface area (Å²) in [5, 5.41) is 14.4. The van der Waals surface area contributed by atoms with E-state index in [1.165, 1.54) is 4.52 Å². The SMILES string of the molecule is O=C(O)CCc1nc2c3c(ncn2n1)=C1C=CC=CC1C(=O)C=3. The van der Waals surface area contributed by atoms with Crippen molar-refractivity contribution in [3.8, 4) is 0 Å². The quantitative estimate of drug-likeness (QED) is 0.813. The number of nitrogens with zero attached hydrogens (tertiary/aromatic N) is 4. The molecule has 0 bridgehead atoms. The molecule has 2 heterocycles. The van der Waals surface area contributed by atoms with Crippen molar-refractivity contribution in [1.82, 2.24) is 19.6 Å². The molecular weight excluding hydrogens is 296 g/mol. The van der Waals surface area contributed by atoms with E-state index in [2.05, 4.69) is 15.1 Å². The maximum atomic E-state index is 12.3. The van der Waals surface area contributed by atoms with Crippen molar-refractivity contribution in [3.63, 3.8) is 0 Å². The molecule has 2 aromatic heterocycles. The fourth-order valence-corrected chi connectivity index (χ4v) is 2.86. The number of aliphatic carboxylic acids is 1. The van der Waals surface area contributed by atoms with Gasteiger partial charge in [-0.05, 0) is 11.6 Å². The molecule has 0 fully saturated rings. The average Bonchev–Trinajstić information content (AvgIpc) is 2.97. The molecule has 7 nitrogen and oxygen atoms in total. The smallest absolute Gasteiger partial charge is 0.303 e. The summed E-state index contributed by atoms with van der Waals surface area (Å²) < 4.78 is 1.49. The van der Waals surface area contributed by atoms with Gasteiger partial charge < -0.3 is 5.11 Å². The second-order valence-corrected chi connectivity index (χ2v) is 5.42. The molecule has 2 aliphatic rings. The number of rotatable bonds is 3. The number of carbonyl (C=O) groups excluding carboxylic acids is 1. The van der Waals surface area contributed by atoms with Crippen LogP contribution < -0.4 is 10.6 Å². The van der Waals surface area contributed by atoms with Crippen molar-refractivity contribution in [2.24, 2.45) is 5.92 Å². The predicted octanol–water partition coefficient (Wildman–Crippen LogP) is -0.602. The van der Waals surface area contributed by atoms with Gasteiger partial charge in [0.15, 0.2) is 17.3 Å². The van der Waals surface area contributed by atoms with E-state index in [1.807, 2.05) is 24.3 Å². The Balaban J connectivity index is 1.94. The van der Waals surface area contributed by atoms with Gasteiger partial charge in [0.1, 0.15) is 6.33 Å². The highest BCUT2D eigenvalue weighted by molar-refractivity contribution is 6.15. The molecule has 0 saturated heterocycles. The molecule has 0 radical (unpaired) electrons. The number of hydrogen-bond donors (Lipinski definition) is 1. The third kappa shape index (κ3) is 2.17. The molecule has 1 unspecified atom stereocenters. The van der Waals surface area contributed by atoms with Crippen molar-refractivity contribution >= 4 is 29.0 Å². The van der Waals surface area contributed by atoms with E-state index in [0.29, 0.717) is 16.7 Å². The molecule has 4 rings (SSSR count). The summed E-state index contributed by atoms with van der Waals surface area (Å²) in [6, 6.07) is 0. The molecule has 0 spiro atoms. The molecule has 23 heavy (non-hydrogen) atoms. The van der Waals surface area contributed by atoms with E-state index < -0.39 is 5.97 Å². The molecule has 0 aromatic carbocycles. The number of carbonyl (C=O) groups is 2. The zero-order valence-electron chi connectivity index (χ0n) is 12.0. The van der Waals surface area contributed by atoms with Crippen LogP contribution in [-0.4, -0.2) is 36.4 Å². The molecule has 0 amide bonds. The van der Waals surface area contributed by atoms with E-state index in [9.17, 15) is 9.59 Å². The molecule has 2 aromatic rings. The van der Waals surface area contributed by atoms with E-state index in [0.717, 1.165) is 10.9 Å². The van der Waals surface area contributed by atoms with Crippen LogP contribution in [0.2, 0.25) is 0 Å². The summed E-state index contributed by atoms with van der Waals surface area (Å²) in [4.78, 5) is 31.8. The van der Waals surface area contributed by atoms with E-state index in [4.69, 9.17) is 5.11 Å². The van der Waals surface area contributed by atoms with Crippen LogP contribution >= 0.6 is 0 Å². The molecular formula is C16H12N4O3. The van der Waals surface area contributed by atoms with Gasteiger partial charge >= 0.3 is 5.97 Å². The first-order chi connectivity index (χ1) is 11.1. The average molecular weight is 308 g/mol. The molecule has 0 saturated carbocycles. The third-order valence-corrected chi connectivity index (χ3v) is 3.92. The van der Waals surface area contributed by atoms with E-state index >= 15 is 0 Å². The van der Waals surface area contributed by atoms with Gasteiger partial charge in [-0.25, -0.2) is 14.5 Å². The summed E-state index contributed by atoms with van der Waals surface area (Å²) in [5.74, 6) is -0.784. The maximum absolute atomic E-state index is 12.3. The topological polar surface area (TPSA) is 97.4 Å². The first-order valence-corrected chi connectivity index (χ1v) is 7.20. The maximum Gasteiger partial charge on any atom is 0.303 e. The van der Waals surface area contributed by atoms with Crippen molar-refractivity contribution in [2.45, 2.75) is 12.8 Å². The number of ketones is 1. The number of hydrogen-bond acceptors (Lipinski definition) is 5. The largest absolute Gasteiger partial charge is 0.481 e. The van der Waals surface area contributed by atoms with Crippen molar-refractivity contribution in [3.05, 3.63) is 47.0 Å². The van der Waals surface area contributed by atoms with Crippen LogP contribution in [0.3, 0.4) is 0 Å². The van der Waals surface area contributed by atoms with Crippen LogP contribution in [0, 0.1) is 5.92 Å². The summed E-state index contributed by atoms with van der Waals surface area (Å²) in [5.41, 5.74) is 1.38. The number of Topliss-reactive ketones (excluding diaryl/α,β-unsaturated/α-hetero) is 1. The summed E-state index contributed by atoms with van der Waals surface area (Å²) in [6.45, 7) is 0. The van der Waals surface area contributed by atoms with Gasteiger partial charge in [0, 0.05) is 11.6 Å². The van der Waals surface area contributed by atoms with Gasteiger partial charge in [0.05, 0.1) is 17.7 Å². The minimum Gasteiger partial charge on any atom is -0.481 e. The number of carboxylic acid groups (broad SMARTS) is 1. The molecule has 7 heteroatoms. The Kier molecular flexibility index (Phi) is 2.94. The Hall–Kier alpha value is -3.09. The fourth-order valence-electron chi connectivity index (χ4n) is 2.86. The number of aryl methyl sites for hydroxylation is 1. The van der Waals surface area contributed by atoms with Crippen LogP contribution in [0.25, 0.3) is 17.3 Å². The van der Waals surface area contributed by atoms with Gasteiger partial charge in [-0.2, -0.15) is 0 Å². The minimum absolute atomic E-state index is 0.0157. The second kappa shape index (κ2) is 4.98. The summed E-state index contributed by atoms with van der Waals surface area (Å²) in [6.07, 6.45) is 10.8. The lowest BCUT2D eigenvalue weighted by molar-refractivity contribution is -0.137. The van der Waals surface area contributed by atoms with E-state index in [1.54, 1.807) is 12.4 Å². The van der Waals surface area contributed by atoms with Gasteiger partial charge in [0.25, 0.3) is 0 Å². The first kappa shape index (κ1) is 13.6. The normalized spacial score (nSPS) is 18.7. The Morgan fingerprint density at radius 1 is 1.35 bits per heavy atom. The lowest BCUT2D eigenvalue weighted by Gasteiger charge is -2.17. The first-order valence-electron chi connectivity index (χ1n) is 7.20. The zero-order chi connectivity index (χ0) is 16.0. The number of carboxylic acids is 1. The van der Waals surface area contributed by atoms with Crippen LogP contribution in [0.15, 0.2) is 30.6 Å². The number of aromatic nitrogens is 4. The van der Waals surface area contributed by atoms with Crippen LogP contribution in [-0.2, 0) is 16.0 Å². The highest BCUT2D eigenvalue weighted by Gasteiger charge is 2.24. The second-order valence-electron chi connectivity index (χ2n) is 5.42. The third-order valence-electron chi connectivity index (χ3n) is 3.92. The van der Waals surface area contributed by atoms with Crippen molar-refractivity contribution in [1.29, 1.82) is 0 Å². The number of allylic oxidation sites excluding steroid dienone is 4. The Morgan fingerprint density at radius 2 is 2.22 bits per heavy atom. The fraction of sp³-hybridized carbons (Fsp3) is 0.188. The highest BCUT2D eigenvalue weighted by atomic mass is 16.4. The summed E-state index contributed by atoms with van der Waals surface area (Å²) >= 11 is 0. The monoisotopic (exact) mass is 308 g/mol. The lowest BCUT2D eigenvalue weighted by Crippen LogP contribution is -2.40. The summed E-state index contributed by atoms with van der Waals surface area (Å²) in [7, 11) is 0. The van der Waals surface area contributed by atoms with Gasteiger partial charge in [-0.3, -0.25) is 9.59 Å².